The summed E-state index contributed by atoms with van der Waals surface area (Å²) in [6.07, 6.45) is 9.27. The SMILES string of the molecule is CCCCC[C@@H](O)CC(=O)CCc1ccc(O)c(OCN2C=C3C(Cc4cc([C@H](N)NCCc5ccccc5)ccc4CO)=CN=C3C2)c1. The number of phenolic OH excluding ortho intramolecular Hbond substituents is 1. The molecule has 9 heteroatoms. The Morgan fingerprint density at radius 3 is 2.67 bits per heavy atom. The summed E-state index contributed by atoms with van der Waals surface area (Å²) in [6, 6.07) is 21.4. The molecule has 2 aliphatic heterocycles. The summed E-state index contributed by atoms with van der Waals surface area (Å²) < 4.78 is 6.02. The number of nitrogens with zero attached hydrogens (tertiary/aromatic N) is 2. The molecule has 6 N–H and O–H groups in total. The van der Waals surface area contributed by atoms with Gasteiger partial charge < -0.3 is 30.7 Å². The van der Waals surface area contributed by atoms with Crippen molar-refractivity contribution >= 4 is 11.5 Å². The molecule has 0 aromatic heterocycles. The van der Waals surface area contributed by atoms with E-state index in [1.54, 1.807) is 18.2 Å². The molecule has 0 amide bonds. The van der Waals surface area contributed by atoms with E-state index in [2.05, 4.69) is 35.4 Å². The minimum atomic E-state index is -0.579. The third-order valence-corrected chi connectivity index (χ3v) is 9.17. The fourth-order valence-electron chi connectivity index (χ4n) is 6.27. The Balaban J connectivity index is 1.13. The lowest BCUT2D eigenvalue weighted by atomic mass is 9.94. The lowest BCUT2D eigenvalue weighted by Crippen LogP contribution is -2.30. The molecule has 2 heterocycles. The highest BCUT2D eigenvalue weighted by Crippen LogP contribution is 2.32. The van der Waals surface area contributed by atoms with Gasteiger partial charge in [0.1, 0.15) is 5.78 Å². The van der Waals surface area contributed by atoms with Crippen molar-refractivity contribution in [2.24, 2.45) is 10.7 Å². The summed E-state index contributed by atoms with van der Waals surface area (Å²) in [5, 5.41) is 34.1. The van der Waals surface area contributed by atoms with E-state index in [0.29, 0.717) is 38.0 Å². The van der Waals surface area contributed by atoms with Gasteiger partial charge in [0.05, 0.1) is 31.1 Å². The lowest BCUT2D eigenvalue weighted by Gasteiger charge is -2.18. The van der Waals surface area contributed by atoms with Gasteiger partial charge in [0.25, 0.3) is 0 Å². The largest absolute Gasteiger partial charge is 0.504 e. The van der Waals surface area contributed by atoms with Gasteiger partial charge >= 0.3 is 0 Å². The van der Waals surface area contributed by atoms with Crippen LogP contribution in [0.4, 0.5) is 0 Å². The number of nitrogens with one attached hydrogen (secondary N) is 1. The molecule has 2 aliphatic rings. The van der Waals surface area contributed by atoms with E-state index in [9.17, 15) is 20.1 Å². The number of benzene rings is 3. The summed E-state index contributed by atoms with van der Waals surface area (Å²) >= 11 is 0. The molecule has 0 saturated carbocycles. The number of carbonyl (C=O) groups excluding carboxylic acids is 1. The quantitative estimate of drug-likeness (QED) is 0.0773. The molecule has 0 fully saturated rings. The van der Waals surface area contributed by atoms with Crippen molar-refractivity contribution in [3.05, 3.63) is 118 Å². The zero-order chi connectivity index (χ0) is 34.6. The van der Waals surface area contributed by atoms with E-state index in [4.69, 9.17) is 10.5 Å². The maximum absolute atomic E-state index is 12.4. The van der Waals surface area contributed by atoms with Gasteiger partial charge in [-0.3, -0.25) is 15.1 Å². The number of ether oxygens (including phenoxy) is 1. The smallest absolute Gasteiger partial charge is 0.163 e. The van der Waals surface area contributed by atoms with Crippen LogP contribution in [0.15, 0.2) is 95.3 Å². The van der Waals surface area contributed by atoms with Crippen LogP contribution in [0.1, 0.15) is 79.4 Å². The Labute approximate surface area is 289 Å². The van der Waals surface area contributed by atoms with Crippen LogP contribution in [0, 0.1) is 0 Å². The molecule has 0 aliphatic carbocycles. The number of fused-ring (bicyclic) bond motifs is 1. The van der Waals surface area contributed by atoms with Gasteiger partial charge in [-0.15, -0.1) is 0 Å². The van der Waals surface area contributed by atoms with Crippen LogP contribution in [-0.4, -0.2) is 57.6 Å². The van der Waals surface area contributed by atoms with Crippen LogP contribution in [0.5, 0.6) is 11.5 Å². The molecule has 0 radical (unpaired) electrons. The Morgan fingerprint density at radius 2 is 1.88 bits per heavy atom. The first-order chi connectivity index (χ1) is 23.8. The molecule has 49 heavy (non-hydrogen) atoms. The fourth-order valence-corrected chi connectivity index (χ4v) is 6.27. The van der Waals surface area contributed by atoms with Crippen molar-refractivity contribution in [2.75, 3.05) is 19.8 Å². The third-order valence-electron chi connectivity index (χ3n) is 9.17. The normalized spacial score (nSPS) is 15.0. The molecule has 0 unspecified atom stereocenters. The number of rotatable bonds is 20. The Morgan fingerprint density at radius 1 is 1.04 bits per heavy atom. The molecule has 0 bridgehead atoms. The predicted molar refractivity (Wildman–Crippen MR) is 193 cm³/mol. The van der Waals surface area contributed by atoms with E-state index >= 15 is 0 Å². The van der Waals surface area contributed by atoms with Crippen LogP contribution >= 0.6 is 0 Å². The molecule has 260 valence electrons. The van der Waals surface area contributed by atoms with Crippen molar-refractivity contribution in [1.82, 2.24) is 10.2 Å². The molecule has 2 atom stereocenters. The number of hydrogen-bond donors (Lipinski definition) is 5. The van der Waals surface area contributed by atoms with Gasteiger partial charge in [-0.05, 0) is 64.8 Å². The highest BCUT2D eigenvalue weighted by atomic mass is 16.5. The number of unbranched alkanes of at least 4 members (excludes halogenated alkanes) is 2. The first kappa shape index (κ1) is 36.0. The van der Waals surface area contributed by atoms with Crippen LogP contribution in [0.2, 0.25) is 0 Å². The number of phenols is 1. The molecule has 0 saturated heterocycles. The van der Waals surface area contributed by atoms with Crippen molar-refractivity contribution < 1.29 is 24.9 Å². The first-order valence-corrected chi connectivity index (χ1v) is 17.4. The van der Waals surface area contributed by atoms with Crippen LogP contribution < -0.4 is 15.8 Å². The summed E-state index contributed by atoms with van der Waals surface area (Å²) in [5.74, 6) is 0.432. The average molecular weight is 667 g/mol. The zero-order valence-electron chi connectivity index (χ0n) is 28.5. The average Bonchev–Trinajstić information content (AvgIpc) is 3.69. The van der Waals surface area contributed by atoms with E-state index < -0.39 is 6.10 Å². The lowest BCUT2D eigenvalue weighted by molar-refractivity contribution is -0.121. The summed E-state index contributed by atoms with van der Waals surface area (Å²) in [6.45, 7) is 3.60. The van der Waals surface area contributed by atoms with Crippen molar-refractivity contribution in [2.45, 2.75) is 83.6 Å². The minimum absolute atomic E-state index is 0.0376. The number of aryl methyl sites for hydroxylation is 1. The number of aliphatic hydroxyl groups is 2. The molecule has 3 aromatic rings. The van der Waals surface area contributed by atoms with Crippen LogP contribution in [0.3, 0.4) is 0 Å². The maximum Gasteiger partial charge on any atom is 0.163 e. The number of Topliss-reactive ketones (excluding diaryl/α,β-unsaturated/α-hetero) is 1. The number of hydrogen-bond acceptors (Lipinski definition) is 9. The molecular weight excluding hydrogens is 616 g/mol. The summed E-state index contributed by atoms with van der Waals surface area (Å²) in [5.41, 5.74) is 14.5. The third kappa shape index (κ3) is 10.4. The highest BCUT2D eigenvalue weighted by Gasteiger charge is 2.27. The Kier molecular flexibility index (Phi) is 13.2. The molecule has 3 aromatic carbocycles. The van der Waals surface area contributed by atoms with Crippen LogP contribution in [0.25, 0.3) is 0 Å². The monoisotopic (exact) mass is 666 g/mol. The van der Waals surface area contributed by atoms with Gasteiger partial charge in [-0.2, -0.15) is 0 Å². The number of allylic oxidation sites excluding steroid dienone is 1. The Hall–Kier alpha value is -4.28. The van der Waals surface area contributed by atoms with Gasteiger partial charge in [-0.25, -0.2) is 0 Å². The number of ketones is 1. The maximum atomic E-state index is 12.4. The number of aliphatic imine (C=N–C) groups is 1. The topological polar surface area (TPSA) is 141 Å². The number of carbonyl (C=O) groups is 1. The standard InChI is InChI=1S/C40H50N4O5/c1-2-3-5-10-34(46)22-35(47)15-11-29-12-16-38(48)39(19-29)49-27-44-24-36-33(23-43-37(36)25-44)21-32-20-30(13-14-31(32)26-45)40(41)42-18-17-28-8-6-4-7-9-28/h4,6-9,12-14,16,19-20,23-24,34,40,42,45-46,48H,2-3,5,10-11,15,17-18,21-22,25-27,41H2,1H3/t34-,40-/m1/s1. The van der Waals surface area contributed by atoms with Gasteiger partial charge in [-0.1, -0.05) is 80.8 Å². The minimum Gasteiger partial charge on any atom is -0.504 e. The predicted octanol–water partition coefficient (Wildman–Crippen LogP) is 5.62. The molecule has 0 spiro atoms. The molecule has 5 rings (SSSR count). The zero-order valence-corrected chi connectivity index (χ0v) is 28.5. The van der Waals surface area contributed by atoms with Gasteiger partial charge in [0.2, 0.25) is 0 Å². The van der Waals surface area contributed by atoms with E-state index in [-0.39, 0.29) is 37.5 Å². The van der Waals surface area contributed by atoms with E-state index in [1.165, 1.54) is 5.56 Å². The highest BCUT2D eigenvalue weighted by molar-refractivity contribution is 6.09. The van der Waals surface area contributed by atoms with Crippen LogP contribution in [-0.2, 0) is 30.7 Å². The number of aromatic hydroxyl groups is 1. The second kappa shape index (κ2) is 17.9. The molecular formula is C40H50N4O5. The molecule has 9 nitrogen and oxygen atoms in total. The summed E-state index contributed by atoms with van der Waals surface area (Å²) in [7, 11) is 0. The van der Waals surface area contributed by atoms with Gasteiger partial charge in [0, 0.05) is 43.8 Å². The fraction of sp³-hybridized carbons (Fsp3) is 0.400. The second-order valence-corrected chi connectivity index (χ2v) is 13.0. The second-order valence-electron chi connectivity index (χ2n) is 13.0. The summed E-state index contributed by atoms with van der Waals surface area (Å²) in [4.78, 5) is 19.1. The van der Waals surface area contributed by atoms with Crippen molar-refractivity contribution in [3.63, 3.8) is 0 Å². The number of aliphatic hydroxyl groups excluding tert-OH is 2. The Bertz CT molecular complexity index is 1650. The van der Waals surface area contributed by atoms with Crippen molar-refractivity contribution in [3.8, 4) is 11.5 Å². The van der Waals surface area contributed by atoms with Crippen molar-refractivity contribution in [1.29, 1.82) is 0 Å². The van der Waals surface area contributed by atoms with E-state index in [1.807, 2.05) is 47.6 Å². The first-order valence-electron chi connectivity index (χ1n) is 17.4. The van der Waals surface area contributed by atoms with E-state index in [0.717, 1.165) is 71.3 Å². The number of nitrogens with two attached hydrogens (primary N) is 1. The van der Waals surface area contributed by atoms with Gasteiger partial charge in [0.15, 0.2) is 18.2 Å².